The van der Waals surface area contributed by atoms with Crippen LogP contribution in [0.15, 0.2) is 53.4 Å². The number of hydrogen-bond donors (Lipinski definition) is 3. The lowest BCUT2D eigenvalue weighted by Crippen LogP contribution is -2.41. The minimum absolute atomic E-state index is 0.0191. The summed E-state index contributed by atoms with van der Waals surface area (Å²) in [6.07, 6.45) is 0. The summed E-state index contributed by atoms with van der Waals surface area (Å²) in [7, 11) is 0. The zero-order valence-electron chi connectivity index (χ0n) is 15.8. The molecule has 0 atom stereocenters. The standard InChI is InChI=1S/C19H20N4O5S/c1-12(2)20-17(24)11-29-16-9-4-3-8-15(16)19(26)22-21-18(25)13-6-5-7-14(10-13)23(27)28/h3-10,12H,11H2,1-2H3,(H,20,24)(H,21,25)(H,22,26). The highest BCUT2D eigenvalue weighted by molar-refractivity contribution is 8.00. The molecular formula is C19H20N4O5S. The lowest BCUT2D eigenvalue weighted by Gasteiger charge is -2.12. The van der Waals surface area contributed by atoms with Crippen molar-refractivity contribution in [2.24, 2.45) is 0 Å². The highest BCUT2D eigenvalue weighted by Crippen LogP contribution is 2.22. The number of thioether (sulfide) groups is 1. The molecule has 0 aliphatic heterocycles. The number of carbonyl (C=O) groups excluding carboxylic acids is 3. The number of nitrogens with zero attached hydrogens (tertiary/aromatic N) is 1. The van der Waals surface area contributed by atoms with Gasteiger partial charge in [-0.25, -0.2) is 0 Å². The predicted octanol–water partition coefficient (Wildman–Crippen LogP) is 2.29. The van der Waals surface area contributed by atoms with E-state index in [-0.39, 0.29) is 34.5 Å². The Labute approximate surface area is 171 Å². The van der Waals surface area contributed by atoms with Crippen LogP contribution in [0.25, 0.3) is 0 Å². The first-order valence-corrected chi connectivity index (χ1v) is 9.63. The van der Waals surface area contributed by atoms with E-state index in [0.717, 1.165) is 6.07 Å². The van der Waals surface area contributed by atoms with Crippen molar-refractivity contribution >= 4 is 35.2 Å². The molecular weight excluding hydrogens is 396 g/mol. The van der Waals surface area contributed by atoms with Crippen LogP contribution >= 0.6 is 11.8 Å². The van der Waals surface area contributed by atoms with E-state index in [0.29, 0.717) is 4.90 Å². The SMILES string of the molecule is CC(C)NC(=O)CSc1ccccc1C(=O)NNC(=O)c1cccc([N+](=O)[O-])c1. The number of hydrogen-bond acceptors (Lipinski definition) is 6. The largest absolute Gasteiger partial charge is 0.353 e. The highest BCUT2D eigenvalue weighted by Gasteiger charge is 2.15. The summed E-state index contributed by atoms with van der Waals surface area (Å²) in [5, 5.41) is 13.6. The molecule has 0 aromatic heterocycles. The van der Waals surface area contributed by atoms with E-state index < -0.39 is 16.7 Å². The van der Waals surface area contributed by atoms with E-state index in [9.17, 15) is 24.5 Å². The molecule has 0 aliphatic carbocycles. The summed E-state index contributed by atoms with van der Waals surface area (Å²) >= 11 is 1.20. The van der Waals surface area contributed by atoms with E-state index in [4.69, 9.17) is 0 Å². The minimum Gasteiger partial charge on any atom is -0.353 e. The second kappa shape index (κ2) is 10.2. The molecule has 29 heavy (non-hydrogen) atoms. The van der Waals surface area contributed by atoms with Crippen LogP contribution in [-0.4, -0.2) is 34.4 Å². The number of nitro groups is 1. The van der Waals surface area contributed by atoms with Crippen LogP contribution in [0.3, 0.4) is 0 Å². The van der Waals surface area contributed by atoms with E-state index >= 15 is 0 Å². The van der Waals surface area contributed by atoms with E-state index in [1.54, 1.807) is 24.3 Å². The molecule has 0 spiro atoms. The van der Waals surface area contributed by atoms with Gasteiger partial charge in [-0.15, -0.1) is 11.8 Å². The number of nitrogens with one attached hydrogen (secondary N) is 3. The Bertz CT molecular complexity index is 932. The van der Waals surface area contributed by atoms with Crippen LogP contribution < -0.4 is 16.2 Å². The fourth-order valence-electron chi connectivity index (χ4n) is 2.30. The monoisotopic (exact) mass is 416 g/mol. The van der Waals surface area contributed by atoms with Gasteiger partial charge in [0.25, 0.3) is 17.5 Å². The highest BCUT2D eigenvalue weighted by atomic mass is 32.2. The zero-order chi connectivity index (χ0) is 21.4. The van der Waals surface area contributed by atoms with E-state index in [2.05, 4.69) is 16.2 Å². The van der Waals surface area contributed by atoms with Gasteiger partial charge in [-0.05, 0) is 32.0 Å². The van der Waals surface area contributed by atoms with Crippen LogP contribution in [0.2, 0.25) is 0 Å². The third-order valence-corrected chi connectivity index (χ3v) is 4.62. The molecule has 0 fully saturated rings. The smallest absolute Gasteiger partial charge is 0.270 e. The van der Waals surface area contributed by atoms with Crippen LogP contribution in [0, 0.1) is 10.1 Å². The summed E-state index contributed by atoms with van der Waals surface area (Å²) in [6, 6.07) is 11.8. The van der Waals surface area contributed by atoms with Crippen molar-refractivity contribution in [1.82, 2.24) is 16.2 Å². The molecule has 2 aromatic rings. The average Bonchev–Trinajstić information content (AvgIpc) is 2.70. The molecule has 0 heterocycles. The van der Waals surface area contributed by atoms with Crippen molar-refractivity contribution in [2.45, 2.75) is 24.8 Å². The number of rotatable bonds is 7. The van der Waals surface area contributed by atoms with Crippen molar-refractivity contribution in [3.05, 3.63) is 69.8 Å². The topological polar surface area (TPSA) is 130 Å². The van der Waals surface area contributed by atoms with Crippen molar-refractivity contribution in [3.8, 4) is 0 Å². The Kier molecular flexibility index (Phi) is 7.72. The first-order valence-electron chi connectivity index (χ1n) is 8.64. The Hall–Kier alpha value is -3.40. The van der Waals surface area contributed by atoms with Gasteiger partial charge in [0.2, 0.25) is 5.91 Å². The summed E-state index contributed by atoms with van der Waals surface area (Å²) in [6.45, 7) is 3.71. The third kappa shape index (κ3) is 6.61. The van der Waals surface area contributed by atoms with Crippen LogP contribution in [-0.2, 0) is 4.79 Å². The zero-order valence-corrected chi connectivity index (χ0v) is 16.6. The molecule has 2 rings (SSSR count). The van der Waals surface area contributed by atoms with Crippen LogP contribution in [0.4, 0.5) is 5.69 Å². The van der Waals surface area contributed by atoms with Gasteiger partial charge >= 0.3 is 0 Å². The Balaban J connectivity index is 2.00. The van der Waals surface area contributed by atoms with Gasteiger partial charge < -0.3 is 5.32 Å². The third-order valence-electron chi connectivity index (χ3n) is 3.55. The van der Waals surface area contributed by atoms with Crippen LogP contribution in [0.5, 0.6) is 0 Å². The molecule has 0 aliphatic rings. The molecule has 152 valence electrons. The summed E-state index contributed by atoms with van der Waals surface area (Å²) in [5.74, 6) is -1.28. The molecule has 3 amide bonds. The minimum atomic E-state index is -0.691. The van der Waals surface area contributed by atoms with Crippen molar-refractivity contribution in [3.63, 3.8) is 0 Å². The van der Waals surface area contributed by atoms with Gasteiger partial charge in [-0.3, -0.25) is 35.3 Å². The van der Waals surface area contributed by atoms with E-state index in [1.807, 2.05) is 13.8 Å². The Morgan fingerprint density at radius 2 is 1.72 bits per heavy atom. The molecule has 2 aromatic carbocycles. The molecule has 0 saturated carbocycles. The number of amides is 3. The second-order valence-electron chi connectivity index (χ2n) is 6.22. The summed E-state index contributed by atoms with van der Waals surface area (Å²) in [5.41, 5.74) is 4.61. The Morgan fingerprint density at radius 3 is 2.41 bits per heavy atom. The van der Waals surface area contributed by atoms with Gasteiger partial charge in [-0.2, -0.15) is 0 Å². The van der Waals surface area contributed by atoms with Gasteiger partial charge in [0.1, 0.15) is 0 Å². The molecule has 0 radical (unpaired) electrons. The number of hydrazine groups is 1. The number of non-ortho nitro benzene ring substituents is 1. The fourth-order valence-corrected chi connectivity index (χ4v) is 3.16. The normalized spacial score (nSPS) is 10.3. The Morgan fingerprint density at radius 1 is 1.03 bits per heavy atom. The summed E-state index contributed by atoms with van der Waals surface area (Å²) in [4.78, 5) is 47.2. The van der Waals surface area contributed by atoms with Gasteiger partial charge in [0.15, 0.2) is 0 Å². The van der Waals surface area contributed by atoms with Crippen molar-refractivity contribution in [2.75, 3.05) is 5.75 Å². The number of nitro benzene ring substituents is 1. The molecule has 9 nitrogen and oxygen atoms in total. The van der Waals surface area contributed by atoms with Crippen molar-refractivity contribution in [1.29, 1.82) is 0 Å². The molecule has 0 bridgehead atoms. The fraction of sp³-hybridized carbons (Fsp3) is 0.211. The molecule has 0 saturated heterocycles. The maximum absolute atomic E-state index is 12.5. The summed E-state index contributed by atoms with van der Waals surface area (Å²) < 4.78 is 0. The van der Waals surface area contributed by atoms with Gasteiger partial charge in [-0.1, -0.05) is 18.2 Å². The van der Waals surface area contributed by atoms with E-state index in [1.165, 1.54) is 30.0 Å². The lowest BCUT2D eigenvalue weighted by atomic mass is 10.2. The maximum Gasteiger partial charge on any atom is 0.270 e. The molecule has 10 heteroatoms. The average molecular weight is 416 g/mol. The maximum atomic E-state index is 12.5. The number of carbonyl (C=O) groups is 3. The second-order valence-corrected chi connectivity index (χ2v) is 7.24. The van der Waals surface area contributed by atoms with Gasteiger partial charge in [0, 0.05) is 28.6 Å². The molecule has 0 unspecified atom stereocenters. The lowest BCUT2D eigenvalue weighted by molar-refractivity contribution is -0.384. The quantitative estimate of drug-likeness (QED) is 0.361. The predicted molar refractivity (Wildman–Crippen MR) is 108 cm³/mol. The molecule has 3 N–H and O–H groups in total. The number of benzene rings is 2. The first-order chi connectivity index (χ1) is 13.8. The first kappa shape index (κ1) is 21.9. The van der Waals surface area contributed by atoms with Crippen molar-refractivity contribution < 1.29 is 19.3 Å². The van der Waals surface area contributed by atoms with Crippen LogP contribution in [0.1, 0.15) is 34.6 Å². The van der Waals surface area contributed by atoms with Gasteiger partial charge in [0.05, 0.1) is 16.2 Å².